The van der Waals surface area contributed by atoms with Gasteiger partial charge in [0.1, 0.15) is 5.76 Å². The Morgan fingerprint density at radius 1 is 1.00 bits per heavy atom. The molecule has 1 atom stereocenters. The summed E-state index contributed by atoms with van der Waals surface area (Å²) in [6.07, 6.45) is 1.05. The summed E-state index contributed by atoms with van der Waals surface area (Å²) in [5, 5.41) is 11.3. The molecule has 0 radical (unpaired) electrons. The van der Waals surface area contributed by atoms with Crippen LogP contribution in [0.4, 0.5) is 0 Å². The van der Waals surface area contributed by atoms with Crippen molar-refractivity contribution >= 4 is 17.5 Å². The molecule has 1 aliphatic rings. The summed E-state index contributed by atoms with van der Waals surface area (Å²) in [6, 6.07) is 20.6. The first-order valence-electron chi connectivity index (χ1n) is 9.50. The van der Waals surface area contributed by atoms with Gasteiger partial charge in [-0.3, -0.25) is 4.79 Å². The number of carbonyl (C=O) groups excluding carboxylic acids is 1. The van der Waals surface area contributed by atoms with Crippen LogP contribution in [0, 0.1) is 5.92 Å². The molecule has 0 aliphatic carbocycles. The average molecular weight is 396 g/mol. The number of likely N-dealkylation sites (tertiary alicyclic amines) is 1. The van der Waals surface area contributed by atoms with Crippen LogP contribution >= 0.6 is 11.6 Å². The molecule has 1 fully saturated rings. The van der Waals surface area contributed by atoms with Crippen LogP contribution in [0.1, 0.15) is 35.1 Å². The van der Waals surface area contributed by atoms with Gasteiger partial charge >= 0.3 is 0 Å². The summed E-state index contributed by atoms with van der Waals surface area (Å²) in [6.45, 7) is 1.23. The predicted molar refractivity (Wildman–Crippen MR) is 109 cm³/mol. The highest BCUT2D eigenvalue weighted by atomic mass is 35.5. The van der Waals surface area contributed by atoms with Crippen LogP contribution < -0.4 is 0 Å². The van der Waals surface area contributed by atoms with Gasteiger partial charge in [0, 0.05) is 23.7 Å². The van der Waals surface area contributed by atoms with E-state index in [1.807, 2.05) is 48.5 Å². The van der Waals surface area contributed by atoms with E-state index in [2.05, 4.69) is 0 Å². The zero-order chi connectivity index (χ0) is 19.5. The molecule has 2 heterocycles. The van der Waals surface area contributed by atoms with E-state index in [0.29, 0.717) is 29.6 Å². The van der Waals surface area contributed by atoms with E-state index in [-0.39, 0.29) is 11.8 Å². The number of rotatable bonds is 4. The summed E-state index contributed by atoms with van der Waals surface area (Å²) >= 11 is 5.92. The average Bonchev–Trinajstić information content (AvgIpc) is 3.24. The van der Waals surface area contributed by atoms with Gasteiger partial charge < -0.3 is 14.4 Å². The third kappa shape index (κ3) is 3.98. The fraction of sp³-hybridized carbons (Fsp3) is 0.261. The lowest BCUT2D eigenvalue weighted by Crippen LogP contribution is -2.39. The van der Waals surface area contributed by atoms with Crippen LogP contribution in [0.15, 0.2) is 71.1 Å². The molecule has 1 aliphatic heterocycles. The van der Waals surface area contributed by atoms with Crippen molar-refractivity contribution in [3.05, 3.63) is 83.1 Å². The van der Waals surface area contributed by atoms with E-state index in [9.17, 15) is 9.90 Å². The minimum atomic E-state index is -0.487. The molecule has 0 unspecified atom stereocenters. The highest BCUT2D eigenvalue weighted by Gasteiger charge is 2.29. The Bertz CT molecular complexity index is 928. The molecule has 144 valence electrons. The zero-order valence-electron chi connectivity index (χ0n) is 15.4. The molecule has 0 bridgehead atoms. The monoisotopic (exact) mass is 395 g/mol. The van der Waals surface area contributed by atoms with Gasteiger partial charge in [0.2, 0.25) is 0 Å². The lowest BCUT2D eigenvalue weighted by atomic mass is 9.87. The van der Waals surface area contributed by atoms with Gasteiger partial charge in [-0.15, -0.1) is 0 Å². The van der Waals surface area contributed by atoms with Gasteiger partial charge in [0.15, 0.2) is 5.76 Å². The number of piperidine rings is 1. The Balaban J connectivity index is 1.38. The molecule has 1 aromatic heterocycles. The van der Waals surface area contributed by atoms with Crippen molar-refractivity contribution in [2.24, 2.45) is 5.92 Å². The van der Waals surface area contributed by atoms with Crippen LogP contribution in [0.25, 0.3) is 11.3 Å². The molecule has 2 aromatic carbocycles. The van der Waals surface area contributed by atoms with Crippen molar-refractivity contribution in [2.45, 2.75) is 18.9 Å². The van der Waals surface area contributed by atoms with Gasteiger partial charge in [0.05, 0.1) is 6.10 Å². The quantitative estimate of drug-likeness (QED) is 0.661. The highest BCUT2D eigenvalue weighted by Crippen LogP contribution is 2.31. The molecule has 0 spiro atoms. The number of aliphatic hydroxyl groups is 1. The zero-order valence-corrected chi connectivity index (χ0v) is 16.2. The van der Waals surface area contributed by atoms with E-state index in [0.717, 1.165) is 24.0 Å². The second-order valence-corrected chi connectivity index (χ2v) is 7.59. The summed E-state index contributed by atoms with van der Waals surface area (Å²) in [4.78, 5) is 14.6. The maximum atomic E-state index is 12.8. The Kier molecular flexibility index (Phi) is 5.51. The lowest BCUT2D eigenvalue weighted by Gasteiger charge is -2.34. The molecule has 1 saturated heterocycles. The predicted octanol–water partition coefficient (Wildman–Crippen LogP) is 5.19. The number of amides is 1. The first-order chi connectivity index (χ1) is 13.6. The third-order valence-electron chi connectivity index (χ3n) is 5.36. The van der Waals surface area contributed by atoms with E-state index < -0.39 is 6.10 Å². The Morgan fingerprint density at radius 3 is 2.36 bits per heavy atom. The minimum absolute atomic E-state index is 0.104. The topological polar surface area (TPSA) is 53.7 Å². The second-order valence-electron chi connectivity index (χ2n) is 7.16. The van der Waals surface area contributed by atoms with E-state index in [1.54, 1.807) is 23.1 Å². The van der Waals surface area contributed by atoms with Crippen molar-refractivity contribution in [3.63, 3.8) is 0 Å². The normalized spacial score (nSPS) is 16.1. The number of nitrogens with zero attached hydrogens (tertiary/aromatic N) is 1. The maximum Gasteiger partial charge on any atom is 0.289 e. The van der Waals surface area contributed by atoms with E-state index in [1.165, 1.54) is 0 Å². The first kappa shape index (κ1) is 18.8. The van der Waals surface area contributed by atoms with Gasteiger partial charge in [-0.1, -0.05) is 41.9 Å². The Morgan fingerprint density at radius 2 is 1.68 bits per heavy atom. The minimum Gasteiger partial charge on any atom is -0.451 e. The van der Waals surface area contributed by atoms with Crippen LogP contribution in [-0.2, 0) is 0 Å². The highest BCUT2D eigenvalue weighted by molar-refractivity contribution is 6.30. The molecule has 0 saturated carbocycles. The number of aliphatic hydroxyl groups excluding tert-OH is 1. The van der Waals surface area contributed by atoms with E-state index in [4.69, 9.17) is 16.0 Å². The lowest BCUT2D eigenvalue weighted by molar-refractivity contribution is 0.0443. The van der Waals surface area contributed by atoms with E-state index >= 15 is 0 Å². The van der Waals surface area contributed by atoms with Crippen LogP contribution in [0.3, 0.4) is 0 Å². The largest absolute Gasteiger partial charge is 0.451 e. The molecular formula is C23H22ClNO3. The maximum absolute atomic E-state index is 12.8. The molecule has 4 nitrogen and oxygen atoms in total. The number of carbonyl (C=O) groups is 1. The molecule has 5 heteroatoms. The second kappa shape index (κ2) is 8.21. The number of hydrogen-bond donors (Lipinski definition) is 1. The van der Waals surface area contributed by atoms with Gasteiger partial charge in [-0.25, -0.2) is 0 Å². The van der Waals surface area contributed by atoms with Crippen molar-refractivity contribution in [3.8, 4) is 11.3 Å². The van der Waals surface area contributed by atoms with Gasteiger partial charge in [0.25, 0.3) is 5.91 Å². The molecule has 1 amide bonds. The number of halogens is 1. The molecule has 1 N–H and O–H groups in total. The number of benzene rings is 2. The Labute approximate surface area is 169 Å². The van der Waals surface area contributed by atoms with Gasteiger partial charge in [-0.05, 0) is 60.7 Å². The van der Waals surface area contributed by atoms with Crippen molar-refractivity contribution < 1.29 is 14.3 Å². The van der Waals surface area contributed by atoms with Crippen LogP contribution in [-0.4, -0.2) is 29.0 Å². The summed E-state index contributed by atoms with van der Waals surface area (Å²) in [5.41, 5.74) is 1.82. The summed E-state index contributed by atoms with van der Waals surface area (Å²) < 4.78 is 5.78. The smallest absolute Gasteiger partial charge is 0.289 e. The van der Waals surface area contributed by atoms with Crippen molar-refractivity contribution in [2.75, 3.05) is 13.1 Å². The van der Waals surface area contributed by atoms with Crippen molar-refractivity contribution in [1.29, 1.82) is 0 Å². The third-order valence-corrected chi connectivity index (χ3v) is 5.61. The molecule has 3 aromatic rings. The molecule has 4 rings (SSSR count). The fourth-order valence-electron chi connectivity index (χ4n) is 3.72. The Hall–Kier alpha value is -2.56. The number of hydrogen-bond acceptors (Lipinski definition) is 3. The molecule has 28 heavy (non-hydrogen) atoms. The summed E-state index contributed by atoms with van der Waals surface area (Å²) in [7, 11) is 0. The first-order valence-corrected chi connectivity index (χ1v) is 9.87. The number of furan rings is 1. The SMILES string of the molecule is O=C(c1ccc(-c2ccc(Cl)cc2)o1)N1CCC([C@H](O)c2ccccc2)CC1. The fourth-order valence-corrected chi connectivity index (χ4v) is 3.84. The van der Waals surface area contributed by atoms with Crippen LogP contribution in [0.2, 0.25) is 5.02 Å². The standard InChI is InChI=1S/C23H22ClNO3/c24-19-8-6-16(7-9-19)20-10-11-21(28-20)23(27)25-14-12-18(13-15-25)22(26)17-4-2-1-3-5-17/h1-11,18,22,26H,12-15H2/t22-/m1/s1. The molecular weight excluding hydrogens is 374 g/mol. The van der Waals surface area contributed by atoms with Crippen molar-refractivity contribution in [1.82, 2.24) is 4.90 Å². The summed E-state index contributed by atoms with van der Waals surface area (Å²) in [5.74, 6) is 1.04. The van der Waals surface area contributed by atoms with Gasteiger partial charge in [-0.2, -0.15) is 0 Å². The van der Waals surface area contributed by atoms with Crippen LogP contribution in [0.5, 0.6) is 0 Å².